The molecule has 0 amide bonds. The Bertz CT molecular complexity index is 1050. The van der Waals surface area contributed by atoms with Crippen LogP contribution in [0.25, 0.3) is 0 Å². The summed E-state index contributed by atoms with van der Waals surface area (Å²) in [4.78, 5) is 18.1. The van der Waals surface area contributed by atoms with Crippen LogP contribution in [0.1, 0.15) is 46.4 Å². The lowest BCUT2D eigenvalue weighted by molar-refractivity contribution is 0.0697. The number of hydrogen-bond acceptors (Lipinski definition) is 4. The number of nitrogens with zero attached hydrogens (tertiary/aromatic N) is 2. The van der Waals surface area contributed by atoms with Gasteiger partial charge in [0, 0.05) is 24.3 Å². The smallest absolute Gasteiger partial charge is 0.335 e. The topological polar surface area (TPSA) is 65.5 Å². The highest BCUT2D eigenvalue weighted by Crippen LogP contribution is 2.36. The molecule has 1 aliphatic heterocycles. The van der Waals surface area contributed by atoms with Crippen molar-refractivity contribution in [2.24, 2.45) is 0 Å². The van der Waals surface area contributed by atoms with Crippen LogP contribution >= 0.6 is 11.6 Å². The highest BCUT2D eigenvalue weighted by atomic mass is 35.5. The molecule has 0 fully saturated rings. The fourth-order valence-electron chi connectivity index (χ4n) is 3.94. The molecular formula is C24H24ClN3O2. The predicted molar refractivity (Wildman–Crippen MR) is 120 cm³/mol. The number of benzene rings is 2. The number of aromatic carboxylic acids is 1. The first-order chi connectivity index (χ1) is 14.5. The highest BCUT2D eigenvalue weighted by Gasteiger charge is 2.22. The van der Waals surface area contributed by atoms with Crippen LogP contribution in [0, 0.1) is 0 Å². The minimum atomic E-state index is -0.919. The Hall–Kier alpha value is -3.05. The SMILES string of the molecule is C[C@H](Nc1nccc2c1N(Cc1cccc(Cl)c1)CCC2)c1ccc(C(=O)O)cc1. The summed E-state index contributed by atoms with van der Waals surface area (Å²) >= 11 is 6.18. The van der Waals surface area contributed by atoms with Crippen LogP contribution in [0.5, 0.6) is 0 Å². The summed E-state index contributed by atoms with van der Waals surface area (Å²) in [7, 11) is 0. The second-order valence-electron chi connectivity index (χ2n) is 7.62. The number of carboxylic acid groups (broad SMARTS) is 1. The minimum Gasteiger partial charge on any atom is -0.478 e. The fraction of sp³-hybridized carbons (Fsp3) is 0.250. The van der Waals surface area contributed by atoms with E-state index in [9.17, 15) is 4.79 Å². The molecule has 3 aromatic rings. The molecule has 0 aliphatic carbocycles. The molecule has 154 valence electrons. The number of rotatable bonds is 6. The lowest BCUT2D eigenvalue weighted by atomic mass is 10.0. The van der Waals surface area contributed by atoms with E-state index in [-0.39, 0.29) is 11.6 Å². The number of fused-ring (bicyclic) bond motifs is 1. The molecule has 30 heavy (non-hydrogen) atoms. The van der Waals surface area contributed by atoms with Gasteiger partial charge < -0.3 is 15.3 Å². The van der Waals surface area contributed by atoms with Crippen LogP contribution in [-0.4, -0.2) is 22.6 Å². The van der Waals surface area contributed by atoms with Gasteiger partial charge in [-0.25, -0.2) is 9.78 Å². The van der Waals surface area contributed by atoms with Gasteiger partial charge in [-0.3, -0.25) is 0 Å². The molecule has 1 atom stereocenters. The standard InChI is InChI=1S/C24H24ClN3O2/c1-16(18-7-9-20(10-8-18)24(29)30)27-23-22-19(11-12-26-23)5-3-13-28(22)15-17-4-2-6-21(25)14-17/h2,4,6-12,14,16H,3,5,13,15H2,1H3,(H,26,27)(H,29,30)/t16-/m0/s1. The van der Waals surface area contributed by atoms with Gasteiger partial charge >= 0.3 is 5.97 Å². The van der Waals surface area contributed by atoms with E-state index in [0.717, 1.165) is 48.0 Å². The van der Waals surface area contributed by atoms with Gasteiger partial charge in [0.05, 0.1) is 17.3 Å². The van der Waals surface area contributed by atoms with Gasteiger partial charge in [0.2, 0.25) is 0 Å². The maximum Gasteiger partial charge on any atom is 0.335 e. The molecule has 1 aromatic heterocycles. The summed E-state index contributed by atoms with van der Waals surface area (Å²) < 4.78 is 0. The van der Waals surface area contributed by atoms with Crippen molar-refractivity contribution < 1.29 is 9.90 Å². The van der Waals surface area contributed by atoms with E-state index in [0.29, 0.717) is 0 Å². The average molecular weight is 422 g/mol. The number of hydrogen-bond donors (Lipinski definition) is 2. The van der Waals surface area contributed by atoms with Crippen LogP contribution in [0.2, 0.25) is 5.02 Å². The average Bonchev–Trinajstić information content (AvgIpc) is 2.74. The second-order valence-corrected chi connectivity index (χ2v) is 8.05. The van der Waals surface area contributed by atoms with Gasteiger partial charge in [-0.1, -0.05) is 35.9 Å². The molecule has 2 heterocycles. The Kier molecular flexibility index (Phi) is 5.91. The summed E-state index contributed by atoms with van der Waals surface area (Å²) in [6.45, 7) is 3.79. The van der Waals surface area contributed by atoms with Crippen molar-refractivity contribution in [3.63, 3.8) is 0 Å². The molecule has 6 heteroatoms. The van der Waals surface area contributed by atoms with Gasteiger partial charge in [0.1, 0.15) is 5.82 Å². The fourth-order valence-corrected chi connectivity index (χ4v) is 4.16. The van der Waals surface area contributed by atoms with E-state index in [4.69, 9.17) is 16.7 Å². The maximum absolute atomic E-state index is 11.1. The largest absolute Gasteiger partial charge is 0.478 e. The van der Waals surface area contributed by atoms with Crippen molar-refractivity contribution in [1.82, 2.24) is 4.98 Å². The van der Waals surface area contributed by atoms with Crippen molar-refractivity contribution >= 4 is 29.1 Å². The molecule has 2 N–H and O–H groups in total. The van der Waals surface area contributed by atoms with Crippen molar-refractivity contribution in [3.05, 3.63) is 88.1 Å². The molecule has 0 radical (unpaired) electrons. The molecule has 0 unspecified atom stereocenters. The van der Waals surface area contributed by atoms with Crippen LogP contribution < -0.4 is 10.2 Å². The lowest BCUT2D eigenvalue weighted by Gasteiger charge is -2.33. The van der Waals surface area contributed by atoms with E-state index in [1.165, 1.54) is 11.1 Å². The summed E-state index contributed by atoms with van der Waals surface area (Å²) in [5.41, 5.74) is 4.89. The zero-order chi connectivity index (χ0) is 21.1. The molecule has 5 nitrogen and oxygen atoms in total. The van der Waals surface area contributed by atoms with E-state index in [1.807, 2.05) is 36.5 Å². The van der Waals surface area contributed by atoms with E-state index < -0.39 is 5.97 Å². The number of anilines is 2. The Labute approximate surface area is 181 Å². The van der Waals surface area contributed by atoms with Crippen LogP contribution in [0.4, 0.5) is 11.5 Å². The Balaban J connectivity index is 1.59. The minimum absolute atomic E-state index is 0.0122. The molecule has 2 aromatic carbocycles. The van der Waals surface area contributed by atoms with Gasteiger partial charge in [-0.2, -0.15) is 0 Å². The Morgan fingerprint density at radius 1 is 1.23 bits per heavy atom. The van der Waals surface area contributed by atoms with E-state index in [2.05, 4.69) is 34.3 Å². The highest BCUT2D eigenvalue weighted by molar-refractivity contribution is 6.30. The van der Waals surface area contributed by atoms with Gasteiger partial charge in [-0.15, -0.1) is 0 Å². The van der Waals surface area contributed by atoms with Crippen LogP contribution in [-0.2, 0) is 13.0 Å². The summed E-state index contributed by atoms with van der Waals surface area (Å²) in [6, 6.07) is 17.0. The van der Waals surface area contributed by atoms with Crippen molar-refractivity contribution in [2.45, 2.75) is 32.4 Å². The van der Waals surface area contributed by atoms with Crippen LogP contribution in [0.15, 0.2) is 60.8 Å². The molecular weight excluding hydrogens is 398 g/mol. The first-order valence-corrected chi connectivity index (χ1v) is 10.5. The number of halogens is 1. The van der Waals surface area contributed by atoms with Gasteiger partial charge in [0.15, 0.2) is 0 Å². The molecule has 4 rings (SSSR count). The van der Waals surface area contributed by atoms with Crippen molar-refractivity contribution in [1.29, 1.82) is 0 Å². The second kappa shape index (κ2) is 8.76. The maximum atomic E-state index is 11.1. The third-order valence-corrected chi connectivity index (χ3v) is 5.71. The summed E-state index contributed by atoms with van der Waals surface area (Å²) in [5, 5.41) is 13.4. The zero-order valence-corrected chi connectivity index (χ0v) is 17.6. The first-order valence-electron chi connectivity index (χ1n) is 10.1. The van der Waals surface area contributed by atoms with Crippen molar-refractivity contribution in [2.75, 3.05) is 16.8 Å². The zero-order valence-electron chi connectivity index (χ0n) is 16.8. The predicted octanol–water partition coefficient (Wildman–Crippen LogP) is 5.56. The quantitative estimate of drug-likeness (QED) is 0.545. The Morgan fingerprint density at radius 2 is 2.03 bits per heavy atom. The summed E-state index contributed by atoms with van der Waals surface area (Å²) in [5.74, 6) is -0.0679. The molecule has 0 bridgehead atoms. The van der Waals surface area contributed by atoms with Gasteiger partial charge in [0.25, 0.3) is 0 Å². The molecule has 0 saturated carbocycles. The number of pyridine rings is 1. The van der Waals surface area contributed by atoms with E-state index in [1.54, 1.807) is 12.1 Å². The summed E-state index contributed by atoms with van der Waals surface area (Å²) in [6.07, 6.45) is 3.98. The van der Waals surface area contributed by atoms with Crippen LogP contribution in [0.3, 0.4) is 0 Å². The number of carbonyl (C=O) groups is 1. The third-order valence-electron chi connectivity index (χ3n) is 5.47. The Morgan fingerprint density at radius 3 is 2.77 bits per heavy atom. The normalized spacial score (nSPS) is 14.1. The van der Waals surface area contributed by atoms with Gasteiger partial charge in [-0.05, 0) is 66.8 Å². The first kappa shape index (κ1) is 20.2. The molecule has 0 saturated heterocycles. The number of aromatic nitrogens is 1. The monoisotopic (exact) mass is 421 g/mol. The molecule has 1 aliphatic rings. The van der Waals surface area contributed by atoms with E-state index >= 15 is 0 Å². The number of aryl methyl sites for hydroxylation is 1. The number of carboxylic acids is 1. The van der Waals surface area contributed by atoms with Crippen molar-refractivity contribution in [3.8, 4) is 0 Å². The number of nitrogens with one attached hydrogen (secondary N) is 1. The third kappa shape index (κ3) is 4.41. The lowest BCUT2D eigenvalue weighted by Crippen LogP contribution is -2.30. The molecule has 0 spiro atoms.